The quantitative estimate of drug-likeness (QED) is 0.901. The number of rotatable bonds is 2. The van der Waals surface area contributed by atoms with E-state index >= 15 is 0 Å². The van der Waals surface area contributed by atoms with Gasteiger partial charge in [-0.15, -0.1) is 0 Å². The van der Waals surface area contributed by atoms with E-state index in [-0.39, 0.29) is 0 Å². The topological polar surface area (TPSA) is 15.3 Å². The van der Waals surface area contributed by atoms with Crippen molar-refractivity contribution in [1.82, 2.24) is 5.32 Å². The third kappa shape index (κ3) is 2.66. The van der Waals surface area contributed by atoms with Crippen LogP contribution in [0, 0.1) is 5.92 Å². The van der Waals surface area contributed by atoms with Crippen LogP contribution >= 0.6 is 15.9 Å². The Morgan fingerprint density at radius 2 is 2.12 bits per heavy atom. The van der Waals surface area contributed by atoms with Gasteiger partial charge in [-0.25, -0.2) is 0 Å². The van der Waals surface area contributed by atoms with Crippen LogP contribution in [0.2, 0.25) is 0 Å². The molecular formula is C14H21BrN2. The summed E-state index contributed by atoms with van der Waals surface area (Å²) in [6, 6.07) is 9.83. The Hall–Kier alpha value is -0.540. The first kappa shape index (κ1) is 12.9. The van der Waals surface area contributed by atoms with Crippen LogP contribution in [0.5, 0.6) is 0 Å². The lowest BCUT2D eigenvalue weighted by Crippen LogP contribution is -2.52. The van der Waals surface area contributed by atoms with Gasteiger partial charge in [-0.3, -0.25) is 0 Å². The molecule has 0 bridgehead atoms. The number of halogens is 1. The summed E-state index contributed by atoms with van der Waals surface area (Å²) in [5.41, 5.74) is 1.33. The maximum Gasteiger partial charge on any atom is 0.0380 e. The van der Waals surface area contributed by atoms with Crippen molar-refractivity contribution in [1.29, 1.82) is 0 Å². The molecule has 0 aromatic heterocycles. The van der Waals surface area contributed by atoms with Gasteiger partial charge in [0.05, 0.1) is 0 Å². The van der Waals surface area contributed by atoms with Gasteiger partial charge in [0.15, 0.2) is 0 Å². The summed E-state index contributed by atoms with van der Waals surface area (Å²) in [4.78, 5) is 2.52. The van der Waals surface area contributed by atoms with Gasteiger partial charge in [0, 0.05) is 28.8 Å². The van der Waals surface area contributed by atoms with Gasteiger partial charge >= 0.3 is 0 Å². The van der Waals surface area contributed by atoms with Crippen LogP contribution in [0.4, 0.5) is 5.69 Å². The Labute approximate surface area is 113 Å². The van der Waals surface area contributed by atoms with Crippen LogP contribution in [0.1, 0.15) is 20.3 Å². The van der Waals surface area contributed by atoms with E-state index in [0.717, 1.165) is 11.0 Å². The predicted molar refractivity (Wildman–Crippen MR) is 77.6 cm³/mol. The molecule has 1 N–H and O–H groups in total. The van der Waals surface area contributed by atoms with Gasteiger partial charge in [-0.1, -0.05) is 28.9 Å². The summed E-state index contributed by atoms with van der Waals surface area (Å²) in [5.74, 6) is 0.674. The van der Waals surface area contributed by atoms with E-state index in [9.17, 15) is 0 Å². The van der Waals surface area contributed by atoms with Crippen LogP contribution in [0.15, 0.2) is 28.7 Å². The second kappa shape index (κ2) is 5.40. The van der Waals surface area contributed by atoms with Crippen LogP contribution in [0.25, 0.3) is 0 Å². The van der Waals surface area contributed by atoms with Gasteiger partial charge in [0.1, 0.15) is 0 Å². The second-order valence-corrected chi connectivity index (χ2v) is 5.87. The fourth-order valence-electron chi connectivity index (χ4n) is 2.79. The van der Waals surface area contributed by atoms with Crippen LogP contribution in [-0.2, 0) is 0 Å². The van der Waals surface area contributed by atoms with E-state index < -0.39 is 0 Å². The summed E-state index contributed by atoms with van der Waals surface area (Å²) in [6.45, 7) is 5.80. The number of piperidine rings is 1. The van der Waals surface area contributed by atoms with Crippen molar-refractivity contribution in [3.63, 3.8) is 0 Å². The number of hydrogen-bond donors (Lipinski definition) is 1. The minimum Gasteiger partial charge on any atom is -0.368 e. The van der Waals surface area contributed by atoms with E-state index in [1.807, 2.05) is 0 Å². The molecule has 1 aliphatic heterocycles. The van der Waals surface area contributed by atoms with Crippen LogP contribution < -0.4 is 10.2 Å². The van der Waals surface area contributed by atoms with E-state index in [1.54, 1.807) is 0 Å². The summed E-state index contributed by atoms with van der Waals surface area (Å²) < 4.78 is 1.16. The van der Waals surface area contributed by atoms with Crippen molar-refractivity contribution in [3.05, 3.63) is 28.7 Å². The zero-order chi connectivity index (χ0) is 12.4. The molecule has 1 aromatic rings. The highest BCUT2D eigenvalue weighted by Gasteiger charge is 2.31. The van der Waals surface area contributed by atoms with Gasteiger partial charge in [0.2, 0.25) is 0 Å². The zero-order valence-corrected chi connectivity index (χ0v) is 12.4. The summed E-state index contributed by atoms with van der Waals surface area (Å²) >= 11 is 3.55. The van der Waals surface area contributed by atoms with Crippen molar-refractivity contribution in [2.24, 2.45) is 5.92 Å². The standard InChI is InChI=1S/C14H21BrN2/c1-10-11(2)17(8-7-14(10)16-3)13-6-4-5-12(15)9-13/h4-6,9-11,14,16H,7-8H2,1-3H3. The fraction of sp³-hybridized carbons (Fsp3) is 0.571. The molecule has 3 unspecified atom stereocenters. The normalized spacial score (nSPS) is 29.4. The molecule has 2 nitrogen and oxygen atoms in total. The lowest BCUT2D eigenvalue weighted by atomic mass is 9.87. The molecular weight excluding hydrogens is 276 g/mol. The molecule has 3 atom stereocenters. The maximum absolute atomic E-state index is 3.55. The minimum absolute atomic E-state index is 0.579. The molecule has 94 valence electrons. The molecule has 1 fully saturated rings. The summed E-state index contributed by atoms with van der Waals surface area (Å²) in [7, 11) is 2.07. The lowest BCUT2D eigenvalue weighted by molar-refractivity contribution is 0.282. The SMILES string of the molecule is CNC1CCN(c2cccc(Br)c2)C(C)C1C. The molecule has 0 saturated carbocycles. The van der Waals surface area contributed by atoms with Gasteiger partial charge in [-0.2, -0.15) is 0 Å². The van der Waals surface area contributed by atoms with Crippen LogP contribution in [-0.4, -0.2) is 25.7 Å². The van der Waals surface area contributed by atoms with E-state index in [2.05, 4.69) is 71.3 Å². The Kier molecular flexibility index (Phi) is 4.10. The fourth-order valence-corrected chi connectivity index (χ4v) is 3.18. The number of nitrogens with one attached hydrogen (secondary N) is 1. The zero-order valence-electron chi connectivity index (χ0n) is 10.8. The predicted octanol–water partition coefficient (Wildman–Crippen LogP) is 3.27. The number of anilines is 1. The molecule has 1 aliphatic rings. The first-order valence-electron chi connectivity index (χ1n) is 6.33. The largest absolute Gasteiger partial charge is 0.368 e. The molecule has 2 rings (SSSR count). The average Bonchev–Trinajstić information content (AvgIpc) is 2.32. The van der Waals surface area contributed by atoms with Crippen molar-refractivity contribution in [2.45, 2.75) is 32.4 Å². The molecule has 0 radical (unpaired) electrons. The first-order chi connectivity index (χ1) is 8.13. The first-order valence-corrected chi connectivity index (χ1v) is 7.12. The Morgan fingerprint density at radius 1 is 1.35 bits per heavy atom. The van der Waals surface area contributed by atoms with E-state index in [4.69, 9.17) is 0 Å². The maximum atomic E-state index is 3.55. The molecule has 1 heterocycles. The molecule has 17 heavy (non-hydrogen) atoms. The average molecular weight is 297 g/mol. The van der Waals surface area contributed by atoms with E-state index in [0.29, 0.717) is 18.0 Å². The van der Waals surface area contributed by atoms with Crippen molar-refractivity contribution >= 4 is 21.6 Å². The molecule has 3 heteroatoms. The third-order valence-corrected chi connectivity index (χ3v) is 4.57. The molecule has 1 aromatic carbocycles. The van der Waals surface area contributed by atoms with Crippen molar-refractivity contribution < 1.29 is 0 Å². The highest BCUT2D eigenvalue weighted by molar-refractivity contribution is 9.10. The second-order valence-electron chi connectivity index (χ2n) is 4.96. The molecule has 0 aliphatic carbocycles. The summed E-state index contributed by atoms with van der Waals surface area (Å²) in [6.07, 6.45) is 1.22. The number of hydrogen-bond acceptors (Lipinski definition) is 2. The Balaban J connectivity index is 2.18. The van der Waals surface area contributed by atoms with Gasteiger partial charge < -0.3 is 10.2 Å². The Morgan fingerprint density at radius 3 is 2.76 bits per heavy atom. The number of nitrogens with zero attached hydrogens (tertiary/aromatic N) is 1. The molecule has 0 spiro atoms. The smallest absolute Gasteiger partial charge is 0.0380 e. The highest BCUT2D eigenvalue weighted by atomic mass is 79.9. The minimum atomic E-state index is 0.579. The lowest BCUT2D eigenvalue weighted by Gasteiger charge is -2.44. The van der Waals surface area contributed by atoms with E-state index in [1.165, 1.54) is 12.1 Å². The van der Waals surface area contributed by atoms with Crippen LogP contribution in [0.3, 0.4) is 0 Å². The Bertz CT molecular complexity index is 380. The molecule has 1 saturated heterocycles. The van der Waals surface area contributed by atoms with Gasteiger partial charge in [-0.05, 0) is 44.5 Å². The highest BCUT2D eigenvalue weighted by Crippen LogP contribution is 2.30. The monoisotopic (exact) mass is 296 g/mol. The number of benzene rings is 1. The summed E-state index contributed by atoms with van der Waals surface area (Å²) in [5, 5.41) is 3.43. The third-order valence-electron chi connectivity index (χ3n) is 4.08. The molecule has 0 amide bonds. The van der Waals surface area contributed by atoms with Gasteiger partial charge in [0.25, 0.3) is 0 Å². The van der Waals surface area contributed by atoms with Crippen molar-refractivity contribution in [2.75, 3.05) is 18.5 Å². The van der Waals surface area contributed by atoms with Crippen molar-refractivity contribution in [3.8, 4) is 0 Å².